The van der Waals surface area contributed by atoms with Crippen molar-refractivity contribution in [3.63, 3.8) is 0 Å². The van der Waals surface area contributed by atoms with Gasteiger partial charge in [-0.1, -0.05) is 48.5 Å². The average molecular weight is 223 g/mol. The molecule has 1 aliphatic rings. The van der Waals surface area contributed by atoms with Crippen LogP contribution in [0.5, 0.6) is 0 Å². The number of hydrogen-bond donors (Lipinski definition) is 1. The molecule has 1 aliphatic heterocycles. The highest BCUT2D eigenvalue weighted by molar-refractivity contribution is 5.65. The zero-order valence-corrected chi connectivity index (χ0v) is 10.1. The molecule has 0 amide bonds. The van der Waals surface area contributed by atoms with E-state index in [-0.39, 0.29) is 0 Å². The van der Waals surface area contributed by atoms with Gasteiger partial charge < -0.3 is 5.32 Å². The number of nitrogens with one attached hydrogen (secondary N) is 1. The Bertz CT molecular complexity index is 516. The summed E-state index contributed by atoms with van der Waals surface area (Å²) in [7, 11) is 0. The van der Waals surface area contributed by atoms with E-state index in [1.54, 1.807) is 0 Å². The van der Waals surface area contributed by atoms with Crippen LogP contribution in [0, 0.1) is 0 Å². The standard InChI is InChI=1S/C16H17N/c1-12-16-8-7-14(11-15(16)9-10-17-12)13-5-3-2-4-6-13/h2-8,11-12,17H,9-10H2,1H3. The van der Waals surface area contributed by atoms with E-state index >= 15 is 0 Å². The summed E-state index contributed by atoms with van der Waals surface area (Å²) < 4.78 is 0. The van der Waals surface area contributed by atoms with Crippen molar-refractivity contribution >= 4 is 0 Å². The Hall–Kier alpha value is -1.60. The molecule has 0 bridgehead atoms. The Kier molecular flexibility index (Phi) is 2.69. The van der Waals surface area contributed by atoms with Gasteiger partial charge in [-0.15, -0.1) is 0 Å². The normalized spacial score (nSPS) is 18.8. The lowest BCUT2D eigenvalue weighted by Crippen LogP contribution is -2.27. The van der Waals surface area contributed by atoms with Gasteiger partial charge in [0, 0.05) is 6.04 Å². The fraction of sp³-hybridized carbons (Fsp3) is 0.250. The lowest BCUT2D eigenvalue weighted by Gasteiger charge is -2.24. The quantitative estimate of drug-likeness (QED) is 0.779. The van der Waals surface area contributed by atoms with E-state index in [0.29, 0.717) is 6.04 Å². The highest BCUT2D eigenvalue weighted by Gasteiger charge is 2.15. The SMILES string of the molecule is CC1NCCc2cc(-c3ccccc3)ccc21. The third-order valence-corrected chi connectivity index (χ3v) is 3.56. The first-order valence-electron chi connectivity index (χ1n) is 6.26. The molecule has 2 aromatic carbocycles. The Morgan fingerprint density at radius 1 is 1.00 bits per heavy atom. The van der Waals surface area contributed by atoms with E-state index in [0.717, 1.165) is 13.0 Å². The first kappa shape index (κ1) is 10.5. The molecule has 0 aromatic heterocycles. The third-order valence-electron chi connectivity index (χ3n) is 3.56. The van der Waals surface area contributed by atoms with E-state index in [1.807, 2.05) is 0 Å². The van der Waals surface area contributed by atoms with E-state index < -0.39 is 0 Å². The number of fused-ring (bicyclic) bond motifs is 1. The fourth-order valence-electron chi connectivity index (χ4n) is 2.59. The van der Waals surface area contributed by atoms with Crippen LogP contribution in [-0.4, -0.2) is 6.54 Å². The molecule has 86 valence electrons. The molecule has 0 radical (unpaired) electrons. The molecule has 0 saturated heterocycles. The van der Waals surface area contributed by atoms with Gasteiger partial charge in [0.1, 0.15) is 0 Å². The second-order valence-corrected chi connectivity index (χ2v) is 4.71. The molecule has 1 atom stereocenters. The Morgan fingerprint density at radius 2 is 1.82 bits per heavy atom. The topological polar surface area (TPSA) is 12.0 Å². The van der Waals surface area contributed by atoms with Crippen molar-refractivity contribution in [3.05, 3.63) is 59.7 Å². The van der Waals surface area contributed by atoms with Crippen LogP contribution in [0.4, 0.5) is 0 Å². The van der Waals surface area contributed by atoms with Gasteiger partial charge in [-0.3, -0.25) is 0 Å². The second kappa shape index (κ2) is 4.34. The number of hydrogen-bond acceptors (Lipinski definition) is 1. The largest absolute Gasteiger partial charge is 0.310 e. The molecular weight excluding hydrogens is 206 g/mol. The van der Waals surface area contributed by atoms with Crippen molar-refractivity contribution in [2.24, 2.45) is 0 Å². The maximum absolute atomic E-state index is 3.50. The van der Waals surface area contributed by atoms with Crippen LogP contribution in [-0.2, 0) is 6.42 Å². The van der Waals surface area contributed by atoms with E-state index in [2.05, 4.69) is 60.8 Å². The van der Waals surface area contributed by atoms with Crippen molar-refractivity contribution in [2.75, 3.05) is 6.54 Å². The van der Waals surface area contributed by atoms with Crippen LogP contribution in [0.25, 0.3) is 11.1 Å². The van der Waals surface area contributed by atoms with Crippen molar-refractivity contribution < 1.29 is 0 Å². The summed E-state index contributed by atoms with van der Waals surface area (Å²) in [6.07, 6.45) is 1.14. The molecule has 1 heterocycles. The van der Waals surface area contributed by atoms with Crippen molar-refractivity contribution in [1.29, 1.82) is 0 Å². The molecule has 1 unspecified atom stereocenters. The molecule has 0 spiro atoms. The van der Waals surface area contributed by atoms with E-state index in [1.165, 1.54) is 22.3 Å². The number of rotatable bonds is 1. The summed E-state index contributed by atoms with van der Waals surface area (Å²) in [5.41, 5.74) is 5.59. The Labute approximate surface area is 102 Å². The predicted octanol–water partition coefficient (Wildman–Crippen LogP) is 3.56. The molecule has 2 aromatic rings. The summed E-state index contributed by atoms with van der Waals surface area (Å²) in [5, 5.41) is 3.50. The molecule has 3 rings (SSSR count). The minimum Gasteiger partial charge on any atom is -0.310 e. The lowest BCUT2D eigenvalue weighted by atomic mass is 9.92. The molecule has 1 nitrogen and oxygen atoms in total. The second-order valence-electron chi connectivity index (χ2n) is 4.71. The van der Waals surface area contributed by atoms with Crippen LogP contribution >= 0.6 is 0 Å². The predicted molar refractivity (Wildman–Crippen MR) is 72.0 cm³/mol. The summed E-state index contributed by atoms with van der Waals surface area (Å²) in [4.78, 5) is 0. The van der Waals surface area contributed by atoms with Gasteiger partial charge in [0.2, 0.25) is 0 Å². The van der Waals surface area contributed by atoms with Gasteiger partial charge in [0.25, 0.3) is 0 Å². The minimum atomic E-state index is 0.489. The van der Waals surface area contributed by atoms with E-state index in [4.69, 9.17) is 0 Å². The molecule has 1 heteroatoms. The minimum absolute atomic E-state index is 0.489. The van der Waals surface area contributed by atoms with Gasteiger partial charge in [-0.2, -0.15) is 0 Å². The van der Waals surface area contributed by atoms with Gasteiger partial charge in [-0.25, -0.2) is 0 Å². The van der Waals surface area contributed by atoms with Crippen molar-refractivity contribution in [1.82, 2.24) is 5.32 Å². The average Bonchev–Trinajstić information content (AvgIpc) is 2.40. The molecule has 1 N–H and O–H groups in total. The Morgan fingerprint density at radius 3 is 2.65 bits per heavy atom. The highest BCUT2D eigenvalue weighted by Crippen LogP contribution is 2.27. The van der Waals surface area contributed by atoms with Crippen LogP contribution < -0.4 is 5.32 Å². The zero-order valence-electron chi connectivity index (χ0n) is 10.1. The molecule has 0 fully saturated rings. The maximum atomic E-state index is 3.50. The highest BCUT2D eigenvalue weighted by atomic mass is 14.9. The summed E-state index contributed by atoms with van der Waals surface area (Å²) in [6.45, 7) is 3.33. The first-order valence-corrected chi connectivity index (χ1v) is 6.26. The first-order chi connectivity index (χ1) is 8.34. The Balaban J connectivity index is 2.04. The van der Waals surface area contributed by atoms with Gasteiger partial charge in [0.15, 0.2) is 0 Å². The summed E-state index contributed by atoms with van der Waals surface area (Å²) in [5.74, 6) is 0. The van der Waals surface area contributed by atoms with Gasteiger partial charge in [0.05, 0.1) is 0 Å². The molecule has 0 aliphatic carbocycles. The maximum Gasteiger partial charge on any atom is 0.0294 e. The van der Waals surface area contributed by atoms with Crippen LogP contribution in [0.1, 0.15) is 24.1 Å². The van der Waals surface area contributed by atoms with Crippen LogP contribution in [0.3, 0.4) is 0 Å². The zero-order chi connectivity index (χ0) is 11.7. The van der Waals surface area contributed by atoms with Crippen molar-refractivity contribution in [2.45, 2.75) is 19.4 Å². The van der Waals surface area contributed by atoms with E-state index in [9.17, 15) is 0 Å². The van der Waals surface area contributed by atoms with Gasteiger partial charge in [-0.05, 0) is 42.1 Å². The third kappa shape index (κ3) is 1.98. The lowest BCUT2D eigenvalue weighted by molar-refractivity contribution is 0.541. The summed E-state index contributed by atoms with van der Waals surface area (Å²) in [6, 6.07) is 17.9. The monoisotopic (exact) mass is 223 g/mol. The molecule has 17 heavy (non-hydrogen) atoms. The molecular formula is C16H17N. The number of benzene rings is 2. The molecule has 0 saturated carbocycles. The fourth-order valence-corrected chi connectivity index (χ4v) is 2.59. The summed E-state index contributed by atoms with van der Waals surface area (Å²) >= 11 is 0. The van der Waals surface area contributed by atoms with Crippen LogP contribution in [0.2, 0.25) is 0 Å². The smallest absolute Gasteiger partial charge is 0.0294 e. The van der Waals surface area contributed by atoms with Crippen LogP contribution in [0.15, 0.2) is 48.5 Å². The van der Waals surface area contributed by atoms with Gasteiger partial charge >= 0.3 is 0 Å². The van der Waals surface area contributed by atoms with Crippen molar-refractivity contribution in [3.8, 4) is 11.1 Å².